The van der Waals surface area contributed by atoms with Crippen LogP contribution >= 0.6 is 0 Å². The number of rotatable bonds is 5. The van der Waals surface area contributed by atoms with Crippen molar-refractivity contribution in [2.75, 3.05) is 7.11 Å². The molecule has 1 amide bonds. The largest absolute Gasteiger partial charge is 0.480 e. The highest BCUT2D eigenvalue weighted by Crippen LogP contribution is 2.31. The zero-order chi connectivity index (χ0) is 12.9. The van der Waals surface area contributed by atoms with Gasteiger partial charge in [-0.2, -0.15) is 0 Å². The molecule has 0 radical (unpaired) electrons. The molecule has 1 aliphatic carbocycles. The van der Waals surface area contributed by atoms with E-state index in [-0.39, 0.29) is 5.91 Å². The van der Waals surface area contributed by atoms with E-state index in [9.17, 15) is 9.59 Å². The SMILES string of the molecule is CCC(NC(=O)C1(OC)CCCCC1)C(=O)O. The molecule has 1 saturated carbocycles. The van der Waals surface area contributed by atoms with Crippen molar-refractivity contribution < 1.29 is 19.4 Å². The number of carboxylic acids is 1. The average Bonchev–Trinajstić information content (AvgIpc) is 2.35. The summed E-state index contributed by atoms with van der Waals surface area (Å²) in [6.07, 6.45) is 4.72. The molecule has 0 aromatic rings. The van der Waals surface area contributed by atoms with Gasteiger partial charge < -0.3 is 15.2 Å². The Balaban J connectivity index is 2.68. The Morgan fingerprint density at radius 1 is 1.35 bits per heavy atom. The third-order valence-electron chi connectivity index (χ3n) is 3.48. The lowest BCUT2D eigenvalue weighted by Crippen LogP contribution is -2.54. The van der Waals surface area contributed by atoms with E-state index >= 15 is 0 Å². The molecule has 2 N–H and O–H groups in total. The lowest BCUT2D eigenvalue weighted by Gasteiger charge is -2.35. The van der Waals surface area contributed by atoms with Gasteiger partial charge >= 0.3 is 5.97 Å². The van der Waals surface area contributed by atoms with Crippen LogP contribution in [0.2, 0.25) is 0 Å². The smallest absolute Gasteiger partial charge is 0.326 e. The normalized spacial score (nSPS) is 20.6. The molecular formula is C12H21NO4. The highest BCUT2D eigenvalue weighted by molar-refractivity contribution is 5.89. The van der Waals surface area contributed by atoms with E-state index in [0.29, 0.717) is 19.3 Å². The fourth-order valence-corrected chi connectivity index (χ4v) is 2.27. The van der Waals surface area contributed by atoms with E-state index in [4.69, 9.17) is 9.84 Å². The van der Waals surface area contributed by atoms with Crippen molar-refractivity contribution in [3.05, 3.63) is 0 Å². The molecule has 0 heterocycles. The Kier molecular flexibility index (Phi) is 4.93. The minimum atomic E-state index is -0.997. The molecule has 5 heteroatoms. The summed E-state index contributed by atoms with van der Waals surface area (Å²) in [7, 11) is 1.52. The lowest BCUT2D eigenvalue weighted by molar-refractivity contribution is -0.152. The van der Waals surface area contributed by atoms with Crippen molar-refractivity contribution >= 4 is 11.9 Å². The van der Waals surface area contributed by atoms with E-state index in [1.165, 1.54) is 7.11 Å². The molecule has 1 fully saturated rings. The third kappa shape index (κ3) is 3.19. The Labute approximate surface area is 102 Å². The van der Waals surface area contributed by atoms with E-state index < -0.39 is 17.6 Å². The number of carboxylic acid groups (broad SMARTS) is 1. The van der Waals surface area contributed by atoms with Gasteiger partial charge in [0.05, 0.1) is 0 Å². The summed E-state index contributed by atoms with van der Waals surface area (Å²) in [6.45, 7) is 1.74. The van der Waals surface area contributed by atoms with Gasteiger partial charge in [-0.1, -0.05) is 26.2 Å². The summed E-state index contributed by atoms with van der Waals surface area (Å²) in [5.74, 6) is -1.28. The third-order valence-corrected chi connectivity index (χ3v) is 3.48. The van der Waals surface area contributed by atoms with Crippen molar-refractivity contribution in [1.82, 2.24) is 5.32 Å². The van der Waals surface area contributed by atoms with E-state index in [1.807, 2.05) is 0 Å². The lowest BCUT2D eigenvalue weighted by atomic mass is 9.83. The quantitative estimate of drug-likeness (QED) is 0.763. The summed E-state index contributed by atoms with van der Waals surface area (Å²) in [5, 5.41) is 11.5. The second-order valence-electron chi connectivity index (χ2n) is 4.53. The standard InChI is InChI=1S/C12H21NO4/c1-3-9(10(14)15)13-11(16)12(17-2)7-5-4-6-8-12/h9H,3-8H2,1-2H3,(H,13,16)(H,14,15). The molecule has 0 spiro atoms. The molecule has 1 atom stereocenters. The number of ether oxygens (including phenoxy) is 1. The predicted octanol–water partition coefficient (Wildman–Crippen LogP) is 1.32. The Hall–Kier alpha value is -1.10. The van der Waals surface area contributed by atoms with E-state index in [2.05, 4.69) is 5.32 Å². The van der Waals surface area contributed by atoms with Gasteiger partial charge in [0.1, 0.15) is 11.6 Å². The van der Waals surface area contributed by atoms with Crippen LogP contribution in [0.25, 0.3) is 0 Å². The molecule has 5 nitrogen and oxygen atoms in total. The first-order chi connectivity index (χ1) is 8.05. The van der Waals surface area contributed by atoms with Crippen molar-refractivity contribution in [2.24, 2.45) is 0 Å². The molecule has 0 aliphatic heterocycles. The predicted molar refractivity (Wildman–Crippen MR) is 62.7 cm³/mol. The number of aliphatic carboxylic acids is 1. The van der Waals surface area contributed by atoms with Gasteiger partial charge in [0, 0.05) is 7.11 Å². The zero-order valence-corrected chi connectivity index (χ0v) is 10.5. The molecule has 0 aromatic carbocycles. The Bertz CT molecular complexity index is 284. The van der Waals surface area contributed by atoms with Gasteiger partial charge in [0.25, 0.3) is 5.91 Å². The van der Waals surface area contributed by atoms with Crippen LogP contribution in [0.15, 0.2) is 0 Å². The maximum absolute atomic E-state index is 12.1. The van der Waals surface area contributed by atoms with Crippen molar-refractivity contribution in [3.8, 4) is 0 Å². The minimum Gasteiger partial charge on any atom is -0.480 e. The maximum Gasteiger partial charge on any atom is 0.326 e. The molecule has 17 heavy (non-hydrogen) atoms. The molecular weight excluding hydrogens is 222 g/mol. The van der Waals surface area contributed by atoms with E-state index in [0.717, 1.165) is 19.3 Å². The van der Waals surface area contributed by atoms with Crippen molar-refractivity contribution in [2.45, 2.75) is 57.1 Å². The summed E-state index contributed by atoms with van der Waals surface area (Å²) >= 11 is 0. The van der Waals surface area contributed by atoms with Crippen LogP contribution < -0.4 is 5.32 Å². The number of carbonyl (C=O) groups is 2. The van der Waals surface area contributed by atoms with Crippen LogP contribution in [0.4, 0.5) is 0 Å². The van der Waals surface area contributed by atoms with Crippen molar-refractivity contribution in [1.29, 1.82) is 0 Å². The number of hydrogen-bond acceptors (Lipinski definition) is 3. The number of carbonyl (C=O) groups excluding carboxylic acids is 1. The molecule has 0 aromatic heterocycles. The van der Waals surface area contributed by atoms with E-state index in [1.54, 1.807) is 6.92 Å². The minimum absolute atomic E-state index is 0.283. The second-order valence-corrected chi connectivity index (χ2v) is 4.53. The maximum atomic E-state index is 12.1. The van der Waals surface area contributed by atoms with Gasteiger partial charge in [0.2, 0.25) is 0 Å². The summed E-state index contributed by atoms with van der Waals surface area (Å²) in [5.41, 5.74) is -0.818. The topological polar surface area (TPSA) is 75.6 Å². The van der Waals surface area contributed by atoms with Crippen molar-refractivity contribution in [3.63, 3.8) is 0 Å². The molecule has 0 saturated heterocycles. The number of amides is 1. The van der Waals surface area contributed by atoms with Crippen LogP contribution in [0, 0.1) is 0 Å². The van der Waals surface area contributed by atoms with Crippen LogP contribution in [0.5, 0.6) is 0 Å². The molecule has 0 bridgehead atoms. The molecule has 1 aliphatic rings. The first-order valence-electron chi connectivity index (χ1n) is 6.14. The summed E-state index contributed by atoms with van der Waals surface area (Å²) < 4.78 is 5.36. The van der Waals surface area contributed by atoms with Crippen LogP contribution in [-0.4, -0.2) is 35.7 Å². The molecule has 98 valence electrons. The van der Waals surface area contributed by atoms with Gasteiger partial charge in [-0.05, 0) is 19.3 Å². The number of methoxy groups -OCH3 is 1. The second kappa shape index (κ2) is 6.00. The van der Waals surface area contributed by atoms with Gasteiger partial charge in [-0.3, -0.25) is 4.79 Å². The monoisotopic (exact) mass is 243 g/mol. The van der Waals surface area contributed by atoms with Crippen LogP contribution in [0.3, 0.4) is 0 Å². The van der Waals surface area contributed by atoms with Crippen LogP contribution in [-0.2, 0) is 14.3 Å². The van der Waals surface area contributed by atoms with Gasteiger partial charge in [-0.15, -0.1) is 0 Å². The first kappa shape index (κ1) is 14.0. The first-order valence-corrected chi connectivity index (χ1v) is 6.14. The summed E-state index contributed by atoms with van der Waals surface area (Å²) in [4.78, 5) is 23.0. The zero-order valence-electron chi connectivity index (χ0n) is 10.5. The Morgan fingerprint density at radius 3 is 2.35 bits per heavy atom. The van der Waals surface area contributed by atoms with Gasteiger partial charge in [-0.25, -0.2) is 4.79 Å². The molecule has 1 rings (SSSR count). The highest BCUT2D eigenvalue weighted by atomic mass is 16.5. The Morgan fingerprint density at radius 2 is 1.94 bits per heavy atom. The van der Waals surface area contributed by atoms with Crippen LogP contribution in [0.1, 0.15) is 45.4 Å². The number of nitrogens with one attached hydrogen (secondary N) is 1. The number of hydrogen-bond donors (Lipinski definition) is 2. The summed E-state index contributed by atoms with van der Waals surface area (Å²) in [6, 6.07) is -0.823. The fourth-order valence-electron chi connectivity index (χ4n) is 2.27. The fraction of sp³-hybridized carbons (Fsp3) is 0.833. The molecule has 1 unspecified atom stereocenters. The average molecular weight is 243 g/mol. The highest BCUT2D eigenvalue weighted by Gasteiger charge is 2.40. The van der Waals surface area contributed by atoms with Gasteiger partial charge in [0.15, 0.2) is 0 Å².